The van der Waals surface area contributed by atoms with Crippen LogP contribution in [0.2, 0.25) is 0 Å². The minimum atomic E-state index is -1.17. The monoisotopic (exact) mass is 339 g/mol. The molecule has 0 aliphatic rings. The van der Waals surface area contributed by atoms with Crippen molar-refractivity contribution in [3.8, 4) is 0 Å². The second kappa shape index (κ2) is 21.3. The number of unbranched alkanes of at least 4 members (excludes halogenated alkanes) is 8. The molecule has 0 aliphatic carbocycles. The molecule has 23 heavy (non-hydrogen) atoms. The molecule has 0 saturated heterocycles. The molecular weight excluding hydrogens is 309 g/mol. The summed E-state index contributed by atoms with van der Waals surface area (Å²) in [5, 5.41) is 15.7. The van der Waals surface area contributed by atoms with Crippen LogP contribution in [-0.4, -0.2) is 63.8 Å². The van der Waals surface area contributed by atoms with Gasteiger partial charge in [0.15, 0.2) is 0 Å². The molecule has 0 radical (unpaired) electrons. The predicted octanol–water partition coefficient (Wildman–Crippen LogP) is 3.03. The van der Waals surface area contributed by atoms with Crippen LogP contribution in [0.4, 0.5) is 0 Å². The fourth-order valence-electron chi connectivity index (χ4n) is 1.78. The van der Waals surface area contributed by atoms with E-state index in [4.69, 9.17) is 15.0 Å². The van der Waals surface area contributed by atoms with Crippen molar-refractivity contribution < 1.29 is 24.6 Å². The van der Waals surface area contributed by atoms with Gasteiger partial charge >= 0.3 is 35.5 Å². The maximum atomic E-state index is 11.1. The quantitative estimate of drug-likeness (QED) is 0.342. The van der Waals surface area contributed by atoms with Crippen LogP contribution >= 0.6 is 0 Å². The summed E-state index contributed by atoms with van der Waals surface area (Å²) in [5.74, 6) is -2.34. The van der Waals surface area contributed by atoms with Gasteiger partial charge in [-0.3, -0.25) is 9.59 Å². The SMILES string of the molecule is CC(=O)O.CCCCCCCCCCCC(=O)N=CC(=O)O.[NaH]. The van der Waals surface area contributed by atoms with Gasteiger partial charge in [-0.25, -0.2) is 9.79 Å². The standard InChI is InChI=1S/C14H25NO3.C2H4O2.Na.H/c1-2-3-4-5-6-7-8-9-10-11-13(16)15-12-14(17)18;1-2(3)4;;/h12H,2-11H2,1H3,(H,17,18);1H3,(H,3,4);;. The number of carbonyl (C=O) groups excluding carboxylic acids is 1. The van der Waals surface area contributed by atoms with Crippen molar-refractivity contribution in [1.29, 1.82) is 0 Å². The van der Waals surface area contributed by atoms with Gasteiger partial charge in [-0.05, 0) is 6.42 Å². The first-order valence-electron chi connectivity index (χ1n) is 7.89. The topological polar surface area (TPSA) is 104 Å². The number of carboxylic acids is 2. The molecule has 1 amide bonds. The fraction of sp³-hybridized carbons (Fsp3) is 0.750. The Morgan fingerprint density at radius 1 is 0.870 bits per heavy atom. The Bertz CT molecular complexity index is 341. The van der Waals surface area contributed by atoms with Crippen LogP contribution in [0.25, 0.3) is 0 Å². The van der Waals surface area contributed by atoms with Gasteiger partial charge in [0.05, 0.1) is 0 Å². The molecule has 0 aliphatic heterocycles. The Morgan fingerprint density at radius 2 is 1.26 bits per heavy atom. The van der Waals surface area contributed by atoms with Crippen LogP contribution in [0.3, 0.4) is 0 Å². The van der Waals surface area contributed by atoms with Crippen molar-refractivity contribution >= 4 is 53.6 Å². The Kier molecular flexibility index (Phi) is 25.1. The number of aliphatic imine (C=N–C) groups is 1. The second-order valence-electron chi connectivity index (χ2n) is 5.09. The summed E-state index contributed by atoms with van der Waals surface area (Å²) < 4.78 is 0. The average molecular weight is 339 g/mol. The molecule has 0 saturated carbocycles. The average Bonchev–Trinajstić information content (AvgIpc) is 2.42. The zero-order valence-corrected chi connectivity index (χ0v) is 13.7. The third-order valence-electron chi connectivity index (χ3n) is 2.81. The number of aliphatic carboxylic acids is 2. The maximum absolute atomic E-state index is 11.1. The van der Waals surface area contributed by atoms with E-state index in [9.17, 15) is 9.59 Å². The van der Waals surface area contributed by atoms with Gasteiger partial charge in [-0.2, -0.15) is 0 Å². The van der Waals surface area contributed by atoms with Gasteiger partial charge in [0.1, 0.15) is 6.21 Å². The van der Waals surface area contributed by atoms with Gasteiger partial charge in [0.2, 0.25) is 5.91 Å². The summed E-state index contributed by atoms with van der Waals surface area (Å²) in [6.07, 6.45) is 11.8. The molecule has 0 fully saturated rings. The first-order valence-corrected chi connectivity index (χ1v) is 7.89. The summed E-state index contributed by atoms with van der Waals surface area (Å²) >= 11 is 0. The van der Waals surface area contributed by atoms with E-state index >= 15 is 0 Å². The van der Waals surface area contributed by atoms with Crippen LogP contribution < -0.4 is 0 Å². The predicted molar refractivity (Wildman–Crippen MR) is 93.4 cm³/mol. The molecule has 0 bridgehead atoms. The van der Waals surface area contributed by atoms with Crippen molar-refractivity contribution in [3.63, 3.8) is 0 Å². The van der Waals surface area contributed by atoms with Crippen molar-refractivity contribution in [3.05, 3.63) is 0 Å². The number of hydrogen-bond acceptors (Lipinski definition) is 3. The fourth-order valence-corrected chi connectivity index (χ4v) is 1.78. The second-order valence-corrected chi connectivity index (χ2v) is 5.09. The minimum absolute atomic E-state index is 0. The van der Waals surface area contributed by atoms with E-state index in [0.717, 1.165) is 26.2 Å². The first kappa shape index (κ1) is 27.1. The molecule has 0 aromatic carbocycles. The third kappa shape index (κ3) is 33.9. The number of hydrogen-bond donors (Lipinski definition) is 2. The first-order chi connectivity index (χ1) is 10.4. The summed E-state index contributed by atoms with van der Waals surface area (Å²) in [7, 11) is 0. The molecule has 0 heterocycles. The van der Waals surface area contributed by atoms with Crippen LogP contribution in [0.5, 0.6) is 0 Å². The normalized spacial score (nSPS) is 9.65. The molecule has 0 aromatic rings. The van der Waals surface area contributed by atoms with E-state index in [0.29, 0.717) is 12.6 Å². The van der Waals surface area contributed by atoms with Gasteiger partial charge < -0.3 is 10.2 Å². The molecule has 0 unspecified atom stereocenters. The van der Waals surface area contributed by atoms with E-state index < -0.39 is 11.9 Å². The number of rotatable bonds is 11. The number of nitrogens with zero attached hydrogens (tertiary/aromatic N) is 1. The zero-order chi connectivity index (χ0) is 17.2. The number of carboxylic acid groups (broad SMARTS) is 2. The zero-order valence-electron chi connectivity index (χ0n) is 13.7. The van der Waals surface area contributed by atoms with Crippen molar-refractivity contribution in [1.82, 2.24) is 0 Å². The van der Waals surface area contributed by atoms with Crippen LogP contribution in [0.1, 0.15) is 78.1 Å². The molecule has 130 valence electrons. The van der Waals surface area contributed by atoms with Crippen molar-refractivity contribution in [2.75, 3.05) is 0 Å². The van der Waals surface area contributed by atoms with E-state index in [1.165, 1.54) is 38.5 Å². The third-order valence-corrected chi connectivity index (χ3v) is 2.81. The van der Waals surface area contributed by atoms with Gasteiger partial charge in [0, 0.05) is 13.3 Å². The molecule has 0 spiro atoms. The van der Waals surface area contributed by atoms with Crippen molar-refractivity contribution in [2.45, 2.75) is 78.1 Å². The van der Waals surface area contributed by atoms with Crippen LogP contribution in [-0.2, 0) is 14.4 Å². The van der Waals surface area contributed by atoms with Gasteiger partial charge in [0.25, 0.3) is 5.97 Å². The van der Waals surface area contributed by atoms with E-state index in [2.05, 4.69) is 11.9 Å². The molecule has 0 rings (SSSR count). The number of carbonyl (C=O) groups is 3. The van der Waals surface area contributed by atoms with E-state index in [1.807, 2.05) is 0 Å². The molecule has 0 aromatic heterocycles. The Labute approximate surface area is 161 Å². The van der Waals surface area contributed by atoms with E-state index in [1.54, 1.807) is 0 Å². The summed E-state index contributed by atoms with van der Waals surface area (Å²) in [5.41, 5.74) is 0. The summed E-state index contributed by atoms with van der Waals surface area (Å²) in [4.78, 5) is 33.5. The van der Waals surface area contributed by atoms with Gasteiger partial charge in [-0.1, -0.05) is 58.3 Å². The van der Waals surface area contributed by atoms with E-state index in [-0.39, 0.29) is 35.5 Å². The van der Waals surface area contributed by atoms with Gasteiger partial charge in [-0.15, -0.1) is 0 Å². The molecular formula is C16H30NNaO5. The Hall–Kier alpha value is -0.720. The summed E-state index contributed by atoms with van der Waals surface area (Å²) in [6.45, 7) is 3.30. The number of amides is 1. The Morgan fingerprint density at radius 3 is 1.65 bits per heavy atom. The molecule has 6 nitrogen and oxygen atoms in total. The van der Waals surface area contributed by atoms with Crippen molar-refractivity contribution in [2.24, 2.45) is 4.99 Å². The molecule has 7 heteroatoms. The summed E-state index contributed by atoms with van der Waals surface area (Å²) in [6, 6.07) is 0. The Balaban J connectivity index is -0.000000712. The van der Waals surface area contributed by atoms with Crippen LogP contribution in [0, 0.1) is 0 Å². The molecule has 2 N–H and O–H groups in total. The van der Waals surface area contributed by atoms with Crippen LogP contribution in [0.15, 0.2) is 4.99 Å². The molecule has 0 atom stereocenters.